The molecule has 0 saturated carbocycles. The van der Waals surface area contributed by atoms with E-state index in [2.05, 4.69) is 29.6 Å². The summed E-state index contributed by atoms with van der Waals surface area (Å²) in [7, 11) is 0. The Hall–Kier alpha value is -4.33. The second-order valence-electron chi connectivity index (χ2n) is 8.30. The molecule has 0 bridgehead atoms. The van der Waals surface area contributed by atoms with Crippen LogP contribution < -0.4 is 15.4 Å². The number of carbonyl (C=O) groups excluding carboxylic acids is 2. The molecular weight excluding hydrogens is 444 g/mol. The Morgan fingerprint density at radius 2 is 1.69 bits per heavy atom. The number of nitrogens with one attached hydrogen (secondary N) is 2. The first-order valence-corrected chi connectivity index (χ1v) is 11.5. The van der Waals surface area contributed by atoms with Gasteiger partial charge in [-0.25, -0.2) is 0 Å². The standard InChI is InChI=1S/C27H28N4O4/c1-4-31-24(14-15-28-31)26(32)29-20-6-5-7-21(16-20)30-27(33)25-13-12-23(35-25)17-34-22-10-8-19(9-11-22)18(2)3/h5-16,18H,4,17H2,1-3H3,(H,29,32)(H,30,33). The minimum Gasteiger partial charge on any atom is -0.486 e. The van der Waals surface area contributed by atoms with Crippen molar-refractivity contribution in [3.8, 4) is 5.75 Å². The highest BCUT2D eigenvalue weighted by Gasteiger charge is 2.14. The van der Waals surface area contributed by atoms with Gasteiger partial charge in [-0.05, 0) is 66.9 Å². The molecule has 8 heteroatoms. The monoisotopic (exact) mass is 472 g/mol. The minimum absolute atomic E-state index is 0.167. The highest BCUT2D eigenvalue weighted by molar-refractivity contribution is 6.05. The summed E-state index contributed by atoms with van der Waals surface area (Å²) in [5, 5.41) is 9.73. The number of hydrogen-bond acceptors (Lipinski definition) is 5. The third-order valence-corrected chi connectivity index (χ3v) is 5.44. The van der Waals surface area contributed by atoms with Crippen LogP contribution in [0.3, 0.4) is 0 Å². The van der Waals surface area contributed by atoms with Gasteiger partial charge in [-0.15, -0.1) is 0 Å². The van der Waals surface area contributed by atoms with E-state index in [1.807, 2.05) is 31.2 Å². The summed E-state index contributed by atoms with van der Waals surface area (Å²) < 4.78 is 13.0. The van der Waals surface area contributed by atoms with E-state index in [0.29, 0.717) is 35.3 Å². The number of rotatable bonds is 9. The topological polar surface area (TPSA) is 98.4 Å². The van der Waals surface area contributed by atoms with E-state index in [1.54, 1.807) is 53.3 Å². The summed E-state index contributed by atoms with van der Waals surface area (Å²) in [5.41, 5.74) is 2.78. The Morgan fingerprint density at radius 1 is 0.971 bits per heavy atom. The van der Waals surface area contributed by atoms with E-state index < -0.39 is 5.91 Å². The molecule has 4 aromatic rings. The van der Waals surface area contributed by atoms with Crippen molar-refractivity contribution in [2.24, 2.45) is 0 Å². The van der Waals surface area contributed by atoms with Gasteiger partial charge in [0.1, 0.15) is 23.8 Å². The molecule has 0 spiro atoms. The molecule has 2 aromatic heterocycles. The van der Waals surface area contributed by atoms with E-state index in [0.717, 1.165) is 5.75 Å². The molecule has 0 unspecified atom stereocenters. The van der Waals surface area contributed by atoms with Gasteiger partial charge in [0.05, 0.1) is 0 Å². The molecule has 0 aliphatic rings. The van der Waals surface area contributed by atoms with Crippen LogP contribution in [0.2, 0.25) is 0 Å². The van der Waals surface area contributed by atoms with Crippen LogP contribution in [-0.4, -0.2) is 21.6 Å². The molecule has 8 nitrogen and oxygen atoms in total. The van der Waals surface area contributed by atoms with Crippen LogP contribution in [0.4, 0.5) is 11.4 Å². The number of aromatic nitrogens is 2. The van der Waals surface area contributed by atoms with Crippen LogP contribution in [0, 0.1) is 0 Å². The fraction of sp³-hybridized carbons (Fsp3) is 0.222. The molecule has 0 saturated heterocycles. The predicted molar refractivity (Wildman–Crippen MR) is 134 cm³/mol. The van der Waals surface area contributed by atoms with E-state index in [9.17, 15) is 9.59 Å². The van der Waals surface area contributed by atoms with E-state index >= 15 is 0 Å². The predicted octanol–water partition coefficient (Wildman–Crippen LogP) is 5.70. The molecule has 2 aromatic carbocycles. The van der Waals surface area contributed by atoms with Crippen LogP contribution in [0.15, 0.2) is 77.3 Å². The number of hydrogen-bond donors (Lipinski definition) is 2. The van der Waals surface area contributed by atoms with E-state index in [-0.39, 0.29) is 18.3 Å². The molecule has 4 rings (SSSR count). The van der Waals surface area contributed by atoms with Crippen molar-refractivity contribution >= 4 is 23.2 Å². The molecule has 0 aliphatic carbocycles. The second-order valence-corrected chi connectivity index (χ2v) is 8.30. The molecule has 0 fully saturated rings. The van der Waals surface area contributed by atoms with Gasteiger partial charge in [0.2, 0.25) is 0 Å². The summed E-state index contributed by atoms with van der Waals surface area (Å²) in [6, 6.07) is 19.8. The van der Waals surface area contributed by atoms with Crippen LogP contribution in [0.5, 0.6) is 5.75 Å². The fourth-order valence-corrected chi connectivity index (χ4v) is 3.52. The zero-order chi connectivity index (χ0) is 24.8. The van der Waals surface area contributed by atoms with Gasteiger partial charge in [0.15, 0.2) is 5.76 Å². The van der Waals surface area contributed by atoms with E-state index in [4.69, 9.17) is 9.15 Å². The van der Waals surface area contributed by atoms with Gasteiger partial charge in [0.25, 0.3) is 11.8 Å². The second kappa shape index (κ2) is 10.7. The maximum absolute atomic E-state index is 12.7. The molecule has 2 N–H and O–H groups in total. The van der Waals surface area contributed by atoms with Crippen molar-refractivity contribution in [2.75, 3.05) is 10.6 Å². The Labute approximate surface area is 203 Å². The Bertz CT molecular complexity index is 1300. The molecule has 0 atom stereocenters. The number of carbonyl (C=O) groups is 2. The first-order valence-electron chi connectivity index (χ1n) is 11.5. The number of benzene rings is 2. The van der Waals surface area contributed by atoms with Crippen molar-refractivity contribution in [1.29, 1.82) is 0 Å². The Kier molecular flexibility index (Phi) is 7.30. The number of aryl methyl sites for hydroxylation is 1. The van der Waals surface area contributed by atoms with Gasteiger partial charge in [-0.1, -0.05) is 32.0 Å². The molecule has 35 heavy (non-hydrogen) atoms. The van der Waals surface area contributed by atoms with Gasteiger partial charge in [-0.2, -0.15) is 5.10 Å². The third kappa shape index (κ3) is 5.97. The lowest BCUT2D eigenvalue weighted by atomic mass is 10.0. The van der Waals surface area contributed by atoms with Crippen LogP contribution in [-0.2, 0) is 13.2 Å². The molecule has 2 heterocycles. The van der Waals surface area contributed by atoms with Crippen molar-refractivity contribution < 1.29 is 18.7 Å². The van der Waals surface area contributed by atoms with Crippen molar-refractivity contribution in [3.63, 3.8) is 0 Å². The smallest absolute Gasteiger partial charge is 0.291 e. The first-order chi connectivity index (χ1) is 16.9. The quantitative estimate of drug-likeness (QED) is 0.325. The summed E-state index contributed by atoms with van der Waals surface area (Å²) in [4.78, 5) is 25.2. The van der Waals surface area contributed by atoms with Crippen molar-refractivity contribution in [1.82, 2.24) is 9.78 Å². The fourth-order valence-electron chi connectivity index (χ4n) is 3.52. The molecule has 0 aliphatic heterocycles. The number of ether oxygens (including phenoxy) is 1. The van der Waals surface area contributed by atoms with Crippen LogP contribution in [0.25, 0.3) is 0 Å². The lowest BCUT2D eigenvalue weighted by molar-refractivity contribution is 0.0990. The summed E-state index contributed by atoms with van der Waals surface area (Å²) in [5.74, 6) is 1.22. The average Bonchev–Trinajstić information content (AvgIpc) is 3.53. The molecular formula is C27H28N4O4. The number of amides is 2. The first kappa shape index (κ1) is 23.8. The zero-order valence-corrected chi connectivity index (χ0v) is 19.9. The van der Waals surface area contributed by atoms with Gasteiger partial charge >= 0.3 is 0 Å². The highest BCUT2D eigenvalue weighted by atomic mass is 16.5. The summed E-state index contributed by atoms with van der Waals surface area (Å²) in [6.45, 7) is 7.00. The maximum atomic E-state index is 12.7. The zero-order valence-electron chi connectivity index (χ0n) is 19.9. The Morgan fingerprint density at radius 3 is 2.37 bits per heavy atom. The number of nitrogens with zero attached hydrogens (tertiary/aromatic N) is 2. The lowest BCUT2D eigenvalue weighted by Gasteiger charge is -2.09. The summed E-state index contributed by atoms with van der Waals surface area (Å²) >= 11 is 0. The van der Waals surface area contributed by atoms with Crippen LogP contribution >= 0.6 is 0 Å². The lowest BCUT2D eigenvalue weighted by Crippen LogP contribution is -2.17. The number of anilines is 2. The molecule has 180 valence electrons. The van der Waals surface area contributed by atoms with E-state index in [1.165, 1.54) is 5.56 Å². The average molecular weight is 473 g/mol. The highest BCUT2D eigenvalue weighted by Crippen LogP contribution is 2.21. The van der Waals surface area contributed by atoms with Crippen molar-refractivity contribution in [2.45, 2.75) is 39.8 Å². The normalized spacial score (nSPS) is 10.9. The van der Waals surface area contributed by atoms with Gasteiger partial charge in [0, 0.05) is 24.1 Å². The Balaban J connectivity index is 1.34. The summed E-state index contributed by atoms with van der Waals surface area (Å²) in [6.07, 6.45) is 1.58. The van der Waals surface area contributed by atoms with Crippen molar-refractivity contribution in [3.05, 3.63) is 95.7 Å². The SMILES string of the molecule is CCn1nccc1C(=O)Nc1cccc(NC(=O)c2ccc(COc3ccc(C(C)C)cc3)o2)c1. The minimum atomic E-state index is -0.398. The maximum Gasteiger partial charge on any atom is 0.291 e. The number of furan rings is 1. The molecule has 2 amide bonds. The molecule has 0 radical (unpaired) electrons. The largest absolute Gasteiger partial charge is 0.486 e. The van der Waals surface area contributed by atoms with Gasteiger partial charge in [-0.3, -0.25) is 14.3 Å². The van der Waals surface area contributed by atoms with Gasteiger partial charge < -0.3 is 19.8 Å². The van der Waals surface area contributed by atoms with Crippen LogP contribution in [0.1, 0.15) is 59.1 Å². The third-order valence-electron chi connectivity index (χ3n) is 5.44.